The predicted octanol–water partition coefficient (Wildman–Crippen LogP) is 4.13. The van der Waals surface area contributed by atoms with E-state index in [9.17, 15) is 14.4 Å². The summed E-state index contributed by atoms with van der Waals surface area (Å²) in [6, 6.07) is 21.3. The Bertz CT molecular complexity index is 977. The summed E-state index contributed by atoms with van der Waals surface area (Å²) < 4.78 is 0. The Morgan fingerprint density at radius 1 is 0.815 bits per heavy atom. The Morgan fingerprint density at radius 2 is 1.41 bits per heavy atom. The first-order valence-electron chi connectivity index (χ1n) is 8.83. The van der Waals surface area contributed by atoms with Crippen LogP contribution >= 0.6 is 0 Å². The minimum absolute atomic E-state index is 0.0527. The molecular formula is C23H17NO3. The Morgan fingerprint density at radius 3 is 2.00 bits per heavy atom. The van der Waals surface area contributed by atoms with Gasteiger partial charge in [-0.05, 0) is 17.7 Å². The van der Waals surface area contributed by atoms with Crippen molar-refractivity contribution in [3.63, 3.8) is 0 Å². The first kappa shape index (κ1) is 17.0. The third-order valence-electron chi connectivity index (χ3n) is 5.01. The quantitative estimate of drug-likeness (QED) is 0.510. The van der Waals surface area contributed by atoms with Crippen molar-refractivity contribution in [2.24, 2.45) is 5.92 Å². The number of ketones is 3. The van der Waals surface area contributed by atoms with Crippen LogP contribution in [0, 0.1) is 5.92 Å². The molecule has 1 atom stereocenters. The summed E-state index contributed by atoms with van der Waals surface area (Å²) in [6.07, 6.45) is 1.61. The van der Waals surface area contributed by atoms with Crippen molar-refractivity contribution in [1.82, 2.24) is 4.98 Å². The summed E-state index contributed by atoms with van der Waals surface area (Å²) in [5, 5.41) is 0. The van der Waals surface area contributed by atoms with Crippen molar-refractivity contribution in [2.45, 2.75) is 12.3 Å². The monoisotopic (exact) mass is 355 g/mol. The number of pyridine rings is 1. The minimum atomic E-state index is -0.877. The molecule has 0 amide bonds. The second-order valence-corrected chi connectivity index (χ2v) is 6.61. The zero-order chi connectivity index (χ0) is 18.8. The number of hydrogen-bond acceptors (Lipinski definition) is 4. The molecule has 4 rings (SSSR count). The molecule has 0 saturated carbocycles. The molecule has 4 heteroatoms. The molecule has 1 aliphatic rings. The van der Waals surface area contributed by atoms with Gasteiger partial charge in [0.25, 0.3) is 0 Å². The lowest BCUT2D eigenvalue weighted by Crippen LogP contribution is -2.26. The maximum absolute atomic E-state index is 13.0. The third-order valence-corrected chi connectivity index (χ3v) is 5.01. The maximum Gasteiger partial charge on any atom is 0.181 e. The van der Waals surface area contributed by atoms with E-state index in [1.54, 1.807) is 48.7 Å². The lowest BCUT2D eigenvalue weighted by atomic mass is 9.79. The molecule has 0 spiro atoms. The van der Waals surface area contributed by atoms with Gasteiger partial charge < -0.3 is 0 Å². The molecule has 0 radical (unpaired) electrons. The summed E-state index contributed by atoms with van der Waals surface area (Å²) in [7, 11) is 0. The van der Waals surface area contributed by atoms with E-state index in [0.29, 0.717) is 16.8 Å². The predicted molar refractivity (Wildman–Crippen MR) is 101 cm³/mol. The largest absolute Gasteiger partial charge is 0.293 e. The zero-order valence-corrected chi connectivity index (χ0v) is 14.5. The fraction of sp³-hybridized carbons (Fsp3) is 0.130. The third kappa shape index (κ3) is 3.10. The SMILES string of the molecule is O=C(C[C@H](c1ccccc1)C1C(=O)c2ccccc2C1=O)c1ccccn1. The summed E-state index contributed by atoms with van der Waals surface area (Å²) >= 11 is 0. The van der Waals surface area contributed by atoms with Gasteiger partial charge in [0.1, 0.15) is 5.69 Å². The van der Waals surface area contributed by atoms with Crippen LogP contribution in [0.1, 0.15) is 49.1 Å². The van der Waals surface area contributed by atoms with Gasteiger partial charge in [-0.2, -0.15) is 0 Å². The Kier molecular flexibility index (Phi) is 4.47. The summed E-state index contributed by atoms with van der Waals surface area (Å²) in [4.78, 5) is 42.9. The smallest absolute Gasteiger partial charge is 0.181 e. The molecule has 0 fully saturated rings. The Balaban J connectivity index is 1.73. The van der Waals surface area contributed by atoms with E-state index in [1.807, 2.05) is 30.3 Å². The molecular weight excluding hydrogens is 338 g/mol. The van der Waals surface area contributed by atoms with E-state index >= 15 is 0 Å². The Hall–Kier alpha value is -3.40. The number of Topliss-reactive ketones (excluding diaryl/α,β-unsaturated/α-hetero) is 3. The lowest BCUT2D eigenvalue weighted by molar-refractivity contribution is 0.0802. The van der Waals surface area contributed by atoms with Crippen LogP contribution in [0.25, 0.3) is 0 Å². The highest BCUT2D eigenvalue weighted by Crippen LogP contribution is 2.39. The van der Waals surface area contributed by atoms with Crippen LogP contribution in [0.15, 0.2) is 79.0 Å². The van der Waals surface area contributed by atoms with E-state index in [1.165, 1.54) is 0 Å². The van der Waals surface area contributed by atoms with Crippen LogP contribution in [0.2, 0.25) is 0 Å². The Labute approximate surface area is 156 Å². The first-order chi connectivity index (χ1) is 13.2. The van der Waals surface area contributed by atoms with E-state index in [0.717, 1.165) is 5.56 Å². The number of aromatic nitrogens is 1. The van der Waals surface area contributed by atoms with E-state index in [-0.39, 0.29) is 23.8 Å². The van der Waals surface area contributed by atoms with Crippen molar-refractivity contribution in [3.8, 4) is 0 Å². The van der Waals surface area contributed by atoms with Crippen molar-refractivity contribution in [1.29, 1.82) is 0 Å². The standard InChI is InChI=1S/C23H17NO3/c25-20(19-12-6-7-13-24-19)14-18(15-8-2-1-3-9-15)21-22(26)16-10-4-5-11-17(16)23(21)27/h1-13,18,21H,14H2/t18-/m1/s1. The second-order valence-electron chi connectivity index (χ2n) is 6.61. The molecule has 1 aliphatic carbocycles. The highest BCUT2D eigenvalue weighted by atomic mass is 16.2. The van der Waals surface area contributed by atoms with Crippen molar-refractivity contribution >= 4 is 17.3 Å². The highest BCUT2D eigenvalue weighted by molar-refractivity contribution is 6.27. The van der Waals surface area contributed by atoms with E-state index < -0.39 is 11.8 Å². The summed E-state index contributed by atoms with van der Waals surface area (Å²) in [5.74, 6) is -2.00. The van der Waals surface area contributed by atoms with Gasteiger partial charge in [0.2, 0.25) is 0 Å². The maximum atomic E-state index is 13.0. The number of rotatable bonds is 5. The van der Waals surface area contributed by atoms with Gasteiger partial charge in [-0.25, -0.2) is 0 Å². The van der Waals surface area contributed by atoms with Crippen LogP contribution in [-0.2, 0) is 0 Å². The van der Waals surface area contributed by atoms with Gasteiger partial charge in [-0.1, -0.05) is 60.7 Å². The summed E-state index contributed by atoms with van der Waals surface area (Å²) in [5.41, 5.74) is 2.03. The highest BCUT2D eigenvalue weighted by Gasteiger charge is 2.44. The lowest BCUT2D eigenvalue weighted by Gasteiger charge is -2.21. The van der Waals surface area contributed by atoms with Crippen molar-refractivity contribution < 1.29 is 14.4 Å². The van der Waals surface area contributed by atoms with Gasteiger partial charge >= 0.3 is 0 Å². The molecule has 0 N–H and O–H groups in total. The van der Waals surface area contributed by atoms with Gasteiger partial charge in [-0.3, -0.25) is 19.4 Å². The van der Waals surface area contributed by atoms with E-state index in [2.05, 4.69) is 4.98 Å². The van der Waals surface area contributed by atoms with Crippen LogP contribution in [-0.4, -0.2) is 22.3 Å². The van der Waals surface area contributed by atoms with Crippen molar-refractivity contribution in [3.05, 3.63) is 101 Å². The normalized spacial score (nSPS) is 14.8. The number of fused-ring (bicyclic) bond motifs is 1. The van der Waals surface area contributed by atoms with Gasteiger partial charge in [0, 0.05) is 29.7 Å². The van der Waals surface area contributed by atoms with Crippen LogP contribution in [0.3, 0.4) is 0 Å². The molecule has 4 nitrogen and oxygen atoms in total. The number of nitrogens with zero attached hydrogens (tertiary/aromatic N) is 1. The molecule has 132 valence electrons. The zero-order valence-electron chi connectivity index (χ0n) is 14.5. The van der Waals surface area contributed by atoms with E-state index in [4.69, 9.17) is 0 Å². The van der Waals surface area contributed by atoms with Crippen LogP contribution in [0.5, 0.6) is 0 Å². The van der Waals surface area contributed by atoms with Gasteiger partial charge in [0.05, 0.1) is 5.92 Å². The number of benzene rings is 2. The molecule has 0 unspecified atom stereocenters. The molecule has 0 bridgehead atoms. The average Bonchev–Trinajstić information content (AvgIpc) is 2.98. The average molecular weight is 355 g/mol. The fourth-order valence-electron chi connectivity index (χ4n) is 3.69. The van der Waals surface area contributed by atoms with Gasteiger partial charge in [0.15, 0.2) is 17.3 Å². The molecule has 1 aromatic heterocycles. The molecule has 1 heterocycles. The topological polar surface area (TPSA) is 64.1 Å². The first-order valence-corrected chi connectivity index (χ1v) is 8.83. The second kappa shape index (κ2) is 7.08. The van der Waals surface area contributed by atoms with Crippen LogP contribution in [0.4, 0.5) is 0 Å². The molecule has 0 aliphatic heterocycles. The molecule has 27 heavy (non-hydrogen) atoms. The van der Waals surface area contributed by atoms with Gasteiger partial charge in [-0.15, -0.1) is 0 Å². The minimum Gasteiger partial charge on any atom is -0.293 e. The number of carbonyl (C=O) groups excluding carboxylic acids is 3. The fourth-order valence-corrected chi connectivity index (χ4v) is 3.69. The summed E-state index contributed by atoms with van der Waals surface area (Å²) in [6.45, 7) is 0. The van der Waals surface area contributed by atoms with Crippen LogP contribution < -0.4 is 0 Å². The number of hydrogen-bond donors (Lipinski definition) is 0. The molecule has 0 saturated heterocycles. The van der Waals surface area contributed by atoms with Crippen molar-refractivity contribution in [2.75, 3.05) is 0 Å². The number of carbonyl (C=O) groups is 3. The molecule has 3 aromatic rings. The molecule has 2 aromatic carbocycles.